The molecule has 11 aromatic rings. The van der Waals surface area contributed by atoms with E-state index in [-0.39, 0.29) is 0 Å². The summed E-state index contributed by atoms with van der Waals surface area (Å²) in [7, 11) is 0. The van der Waals surface area contributed by atoms with Gasteiger partial charge in [0.2, 0.25) is 0 Å². The molecule has 0 saturated heterocycles. The normalized spacial score (nSPS) is 11.3. The van der Waals surface area contributed by atoms with E-state index in [2.05, 4.69) is 254 Å². The summed E-state index contributed by atoms with van der Waals surface area (Å²) < 4.78 is 0. The molecule has 0 aromatic heterocycles. The van der Waals surface area contributed by atoms with E-state index in [4.69, 9.17) is 0 Å². The highest BCUT2D eigenvalue weighted by Crippen LogP contribution is 2.46. The summed E-state index contributed by atoms with van der Waals surface area (Å²) >= 11 is 0. The van der Waals surface area contributed by atoms with Gasteiger partial charge in [0.25, 0.3) is 0 Å². The van der Waals surface area contributed by atoms with Gasteiger partial charge in [-0.1, -0.05) is 218 Å². The van der Waals surface area contributed by atoms with Crippen LogP contribution in [-0.4, -0.2) is 0 Å². The van der Waals surface area contributed by atoms with Crippen molar-refractivity contribution in [2.24, 2.45) is 0 Å². The second-order valence-corrected chi connectivity index (χ2v) is 15.6. The van der Waals surface area contributed by atoms with Gasteiger partial charge in [0.1, 0.15) is 0 Å². The molecule has 0 bridgehead atoms. The zero-order valence-corrected chi connectivity index (χ0v) is 33.6. The van der Waals surface area contributed by atoms with Crippen molar-refractivity contribution in [1.29, 1.82) is 0 Å². The topological polar surface area (TPSA) is 3.24 Å². The SMILES string of the molecule is c1ccc(-c2ccc(N(c3cccc(-c4ccc(-c5c(-c6ccccc6)c6ccccc6c6ccccc56)cc4)c3)c3ccc(-c4ccccc4)c4ccccc34)cc2)cc1. The molecule has 0 spiro atoms. The molecule has 0 atom stereocenters. The fourth-order valence-electron chi connectivity index (χ4n) is 9.21. The Labute approximate surface area is 357 Å². The van der Waals surface area contributed by atoms with Gasteiger partial charge < -0.3 is 4.90 Å². The van der Waals surface area contributed by atoms with Crippen molar-refractivity contribution >= 4 is 49.4 Å². The van der Waals surface area contributed by atoms with E-state index in [1.165, 1.54) is 82.4 Å². The maximum absolute atomic E-state index is 2.41. The summed E-state index contributed by atoms with van der Waals surface area (Å²) in [4.78, 5) is 2.41. The molecule has 0 aliphatic carbocycles. The average molecular weight is 776 g/mol. The summed E-state index contributed by atoms with van der Waals surface area (Å²) in [6, 6.07) is 90.3. The Hall–Kier alpha value is -8.00. The quantitative estimate of drug-likeness (QED) is 0.139. The van der Waals surface area contributed by atoms with Crippen LogP contribution in [0.4, 0.5) is 17.1 Å². The van der Waals surface area contributed by atoms with E-state index < -0.39 is 0 Å². The summed E-state index contributed by atoms with van der Waals surface area (Å²) in [6.07, 6.45) is 0. The Kier molecular flexibility index (Phi) is 9.26. The van der Waals surface area contributed by atoms with Crippen molar-refractivity contribution < 1.29 is 0 Å². The smallest absolute Gasteiger partial charge is 0.0540 e. The van der Waals surface area contributed by atoms with Gasteiger partial charge in [-0.3, -0.25) is 0 Å². The van der Waals surface area contributed by atoms with Crippen molar-refractivity contribution in [2.45, 2.75) is 0 Å². The Bertz CT molecular complexity index is 3320. The zero-order chi connectivity index (χ0) is 40.5. The molecule has 286 valence electrons. The minimum absolute atomic E-state index is 1.10. The highest BCUT2D eigenvalue weighted by Gasteiger charge is 2.20. The molecule has 0 saturated carbocycles. The van der Waals surface area contributed by atoms with Crippen LogP contribution >= 0.6 is 0 Å². The molecule has 1 heteroatoms. The molecule has 61 heavy (non-hydrogen) atoms. The molecular formula is C60H41N. The van der Waals surface area contributed by atoms with Crippen LogP contribution in [0, 0.1) is 0 Å². The van der Waals surface area contributed by atoms with Gasteiger partial charge in [0.15, 0.2) is 0 Å². The largest absolute Gasteiger partial charge is 0.310 e. The lowest BCUT2D eigenvalue weighted by Gasteiger charge is -2.28. The van der Waals surface area contributed by atoms with Crippen LogP contribution in [0.1, 0.15) is 0 Å². The van der Waals surface area contributed by atoms with Gasteiger partial charge in [-0.05, 0) is 113 Å². The average Bonchev–Trinajstić information content (AvgIpc) is 3.35. The van der Waals surface area contributed by atoms with Crippen LogP contribution in [0.2, 0.25) is 0 Å². The second-order valence-electron chi connectivity index (χ2n) is 15.6. The van der Waals surface area contributed by atoms with Gasteiger partial charge in [-0.25, -0.2) is 0 Å². The molecule has 0 unspecified atom stereocenters. The number of anilines is 3. The number of benzene rings is 11. The lowest BCUT2D eigenvalue weighted by Crippen LogP contribution is -2.10. The van der Waals surface area contributed by atoms with Gasteiger partial charge in [-0.2, -0.15) is 0 Å². The van der Waals surface area contributed by atoms with Crippen LogP contribution < -0.4 is 4.90 Å². The highest BCUT2D eigenvalue weighted by atomic mass is 15.1. The summed E-state index contributed by atoms with van der Waals surface area (Å²) in [5, 5.41) is 7.49. The second kappa shape index (κ2) is 15.6. The molecule has 0 heterocycles. The predicted molar refractivity (Wildman–Crippen MR) is 261 cm³/mol. The first-order valence-corrected chi connectivity index (χ1v) is 21.0. The molecule has 0 fully saturated rings. The first-order chi connectivity index (χ1) is 30.3. The lowest BCUT2D eigenvalue weighted by atomic mass is 9.85. The first-order valence-electron chi connectivity index (χ1n) is 21.0. The lowest BCUT2D eigenvalue weighted by molar-refractivity contribution is 1.30. The first kappa shape index (κ1) is 36.1. The van der Waals surface area contributed by atoms with Crippen molar-refractivity contribution in [2.75, 3.05) is 4.90 Å². The fraction of sp³-hybridized carbons (Fsp3) is 0. The highest BCUT2D eigenvalue weighted by molar-refractivity contribution is 6.21. The van der Waals surface area contributed by atoms with Crippen molar-refractivity contribution in [1.82, 2.24) is 0 Å². The van der Waals surface area contributed by atoms with Crippen LogP contribution in [-0.2, 0) is 0 Å². The zero-order valence-electron chi connectivity index (χ0n) is 33.6. The molecular weight excluding hydrogens is 735 g/mol. The number of hydrogen-bond acceptors (Lipinski definition) is 1. The third-order valence-electron chi connectivity index (χ3n) is 12.1. The number of hydrogen-bond donors (Lipinski definition) is 0. The standard InChI is InChI=1S/C60H41N/c1-4-17-42(18-5-1)43-35-37-49(38-36-43)61(58-40-39-51(45-19-6-2-7-20-45)52-25-10-13-28-55(52)58)50-24-16-23-48(41-50)44-31-33-47(34-32-44)60-57-30-15-12-27-54(57)53-26-11-14-29-56(53)59(60)46-21-8-3-9-22-46/h1-41H. The Morgan fingerprint density at radius 1 is 0.213 bits per heavy atom. The van der Waals surface area contributed by atoms with Crippen LogP contribution in [0.15, 0.2) is 249 Å². The maximum Gasteiger partial charge on any atom is 0.0540 e. The molecule has 0 amide bonds. The molecule has 1 nitrogen and oxygen atoms in total. The van der Waals surface area contributed by atoms with Crippen molar-refractivity contribution in [3.63, 3.8) is 0 Å². The van der Waals surface area contributed by atoms with Gasteiger partial charge in [0.05, 0.1) is 5.69 Å². The predicted octanol–water partition coefficient (Wildman–Crippen LogP) is 17.0. The van der Waals surface area contributed by atoms with Gasteiger partial charge in [-0.15, -0.1) is 0 Å². The van der Waals surface area contributed by atoms with Crippen LogP contribution in [0.5, 0.6) is 0 Å². The third-order valence-corrected chi connectivity index (χ3v) is 12.1. The van der Waals surface area contributed by atoms with Crippen molar-refractivity contribution in [3.05, 3.63) is 249 Å². The van der Waals surface area contributed by atoms with E-state index >= 15 is 0 Å². The van der Waals surface area contributed by atoms with E-state index in [9.17, 15) is 0 Å². The van der Waals surface area contributed by atoms with E-state index in [0.29, 0.717) is 0 Å². The Morgan fingerprint density at radius 3 is 1.23 bits per heavy atom. The number of fused-ring (bicyclic) bond motifs is 4. The molecule has 0 aliphatic rings. The van der Waals surface area contributed by atoms with Crippen LogP contribution in [0.3, 0.4) is 0 Å². The fourth-order valence-corrected chi connectivity index (χ4v) is 9.21. The minimum Gasteiger partial charge on any atom is -0.310 e. The number of nitrogens with zero attached hydrogens (tertiary/aromatic N) is 1. The van der Waals surface area contributed by atoms with Crippen LogP contribution in [0.25, 0.3) is 88.0 Å². The summed E-state index contributed by atoms with van der Waals surface area (Å²) in [6.45, 7) is 0. The van der Waals surface area contributed by atoms with E-state index in [1.54, 1.807) is 0 Å². The Morgan fingerprint density at radius 2 is 0.623 bits per heavy atom. The molecule has 11 rings (SSSR count). The van der Waals surface area contributed by atoms with Crippen molar-refractivity contribution in [3.8, 4) is 55.6 Å². The van der Waals surface area contributed by atoms with Gasteiger partial charge in [0, 0.05) is 16.8 Å². The Balaban J connectivity index is 1.04. The summed E-state index contributed by atoms with van der Waals surface area (Å²) in [5.74, 6) is 0. The number of rotatable bonds is 8. The summed E-state index contributed by atoms with van der Waals surface area (Å²) in [5.41, 5.74) is 15.4. The van der Waals surface area contributed by atoms with Gasteiger partial charge >= 0.3 is 0 Å². The third kappa shape index (κ3) is 6.63. The van der Waals surface area contributed by atoms with E-state index in [1.807, 2.05) is 0 Å². The molecule has 0 radical (unpaired) electrons. The maximum atomic E-state index is 2.41. The van der Waals surface area contributed by atoms with E-state index in [0.717, 1.165) is 22.6 Å². The molecule has 11 aromatic carbocycles. The molecule has 0 aliphatic heterocycles. The molecule has 0 N–H and O–H groups in total. The minimum atomic E-state index is 1.10. The monoisotopic (exact) mass is 775 g/mol.